The standard InChI is InChI=1S/C11H20O.C5H5N/c1-2-3-4-5-6-7-8-9-10-11-12;1-2-4-6-5-3-1/h2,11H,1,3-10H2;1-5H. The average molecular weight is 247 g/mol. The monoisotopic (exact) mass is 247 g/mol. The van der Waals surface area contributed by atoms with Gasteiger partial charge in [-0.1, -0.05) is 37.8 Å². The fourth-order valence-corrected chi connectivity index (χ4v) is 1.54. The normalized spacial score (nSPS) is 9.11. The van der Waals surface area contributed by atoms with Crippen LogP contribution in [0.1, 0.15) is 51.4 Å². The highest BCUT2D eigenvalue weighted by molar-refractivity contribution is 5.48. The summed E-state index contributed by atoms with van der Waals surface area (Å²) >= 11 is 0. The lowest BCUT2D eigenvalue weighted by atomic mass is 10.1. The van der Waals surface area contributed by atoms with Gasteiger partial charge in [-0.05, 0) is 31.4 Å². The maximum Gasteiger partial charge on any atom is 0.119 e. The third kappa shape index (κ3) is 14.6. The highest BCUT2D eigenvalue weighted by Crippen LogP contribution is 2.07. The van der Waals surface area contributed by atoms with Gasteiger partial charge in [0.25, 0.3) is 0 Å². The molecule has 100 valence electrons. The molecule has 0 saturated carbocycles. The second-order valence-corrected chi connectivity index (χ2v) is 4.18. The summed E-state index contributed by atoms with van der Waals surface area (Å²) in [5.41, 5.74) is 0. The Balaban J connectivity index is 0.000000397. The third-order valence-corrected chi connectivity index (χ3v) is 2.55. The van der Waals surface area contributed by atoms with Crippen molar-refractivity contribution in [3.05, 3.63) is 43.2 Å². The molecule has 1 heterocycles. The van der Waals surface area contributed by atoms with E-state index in [-0.39, 0.29) is 0 Å². The van der Waals surface area contributed by atoms with Crippen LogP contribution in [0, 0.1) is 0 Å². The van der Waals surface area contributed by atoms with Gasteiger partial charge >= 0.3 is 0 Å². The first-order valence-electron chi connectivity index (χ1n) is 6.81. The molecule has 0 amide bonds. The molecule has 1 rings (SSSR count). The van der Waals surface area contributed by atoms with E-state index in [9.17, 15) is 4.79 Å². The van der Waals surface area contributed by atoms with Crippen LogP contribution >= 0.6 is 0 Å². The molecule has 0 radical (unpaired) electrons. The molecule has 0 aliphatic rings. The Hall–Kier alpha value is -1.44. The van der Waals surface area contributed by atoms with E-state index in [1.165, 1.54) is 32.1 Å². The van der Waals surface area contributed by atoms with Crippen LogP contribution in [0.25, 0.3) is 0 Å². The van der Waals surface area contributed by atoms with Crippen molar-refractivity contribution in [2.45, 2.75) is 51.4 Å². The molecule has 0 spiro atoms. The van der Waals surface area contributed by atoms with Gasteiger partial charge in [0, 0.05) is 18.8 Å². The fraction of sp³-hybridized carbons (Fsp3) is 0.500. The summed E-state index contributed by atoms with van der Waals surface area (Å²) in [5, 5.41) is 0. The summed E-state index contributed by atoms with van der Waals surface area (Å²) in [7, 11) is 0. The lowest BCUT2D eigenvalue weighted by molar-refractivity contribution is -0.107. The molecule has 0 saturated heterocycles. The highest BCUT2D eigenvalue weighted by Gasteiger charge is 1.89. The predicted molar refractivity (Wildman–Crippen MR) is 77.4 cm³/mol. The second-order valence-electron chi connectivity index (χ2n) is 4.18. The van der Waals surface area contributed by atoms with E-state index in [0.717, 1.165) is 25.5 Å². The average Bonchev–Trinajstić information content (AvgIpc) is 2.44. The van der Waals surface area contributed by atoms with Crippen molar-refractivity contribution >= 4 is 6.29 Å². The van der Waals surface area contributed by atoms with Crippen LogP contribution in [0.4, 0.5) is 0 Å². The van der Waals surface area contributed by atoms with Gasteiger partial charge in [-0.15, -0.1) is 6.58 Å². The van der Waals surface area contributed by atoms with E-state index in [1.54, 1.807) is 12.4 Å². The molecule has 2 nitrogen and oxygen atoms in total. The molecule has 1 aromatic heterocycles. The Labute approximate surface area is 111 Å². The van der Waals surface area contributed by atoms with Gasteiger partial charge in [0.05, 0.1) is 0 Å². The maximum atomic E-state index is 9.97. The SMILES string of the molecule is C=CCCCCCCCCC=O.c1ccncc1. The smallest absolute Gasteiger partial charge is 0.119 e. The largest absolute Gasteiger partial charge is 0.303 e. The zero-order valence-electron chi connectivity index (χ0n) is 11.3. The van der Waals surface area contributed by atoms with Crippen LogP contribution in [0.2, 0.25) is 0 Å². The van der Waals surface area contributed by atoms with Crippen molar-refractivity contribution < 1.29 is 4.79 Å². The number of carbonyl (C=O) groups is 1. The van der Waals surface area contributed by atoms with Gasteiger partial charge in [-0.25, -0.2) is 0 Å². The Bertz CT molecular complexity index is 231. The maximum absolute atomic E-state index is 9.97. The number of rotatable bonds is 9. The number of unbranched alkanes of at least 4 members (excludes halogenated alkanes) is 7. The van der Waals surface area contributed by atoms with Gasteiger partial charge in [0.1, 0.15) is 6.29 Å². The highest BCUT2D eigenvalue weighted by atomic mass is 16.1. The Kier molecular flexibility index (Phi) is 14.3. The molecule has 0 fully saturated rings. The van der Waals surface area contributed by atoms with Crippen LogP contribution in [0.5, 0.6) is 0 Å². The van der Waals surface area contributed by atoms with Crippen LogP contribution in [-0.2, 0) is 4.79 Å². The van der Waals surface area contributed by atoms with E-state index < -0.39 is 0 Å². The molecule has 0 aliphatic carbocycles. The van der Waals surface area contributed by atoms with Crippen molar-refractivity contribution in [3.63, 3.8) is 0 Å². The summed E-state index contributed by atoms with van der Waals surface area (Å²) in [6, 6.07) is 5.72. The Morgan fingerprint density at radius 2 is 1.39 bits per heavy atom. The molecule has 0 aliphatic heterocycles. The van der Waals surface area contributed by atoms with Crippen molar-refractivity contribution in [3.8, 4) is 0 Å². The Morgan fingerprint density at radius 1 is 0.833 bits per heavy atom. The summed E-state index contributed by atoms with van der Waals surface area (Å²) in [6.07, 6.45) is 15.9. The second kappa shape index (κ2) is 15.6. The number of nitrogens with zero attached hydrogens (tertiary/aromatic N) is 1. The third-order valence-electron chi connectivity index (χ3n) is 2.55. The number of carbonyl (C=O) groups excluding carboxylic acids is 1. The molecule has 0 unspecified atom stereocenters. The van der Waals surface area contributed by atoms with Gasteiger partial charge in [-0.2, -0.15) is 0 Å². The number of aromatic nitrogens is 1. The first-order chi connectivity index (χ1) is 8.91. The minimum absolute atomic E-state index is 0.743. The van der Waals surface area contributed by atoms with Gasteiger partial charge in [0.2, 0.25) is 0 Å². The molecular formula is C16H25NO. The zero-order chi connectivity index (χ0) is 13.3. The van der Waals surface area contributed by atoms with E-state index >= 15 is 0 Å². The lowest BCUT2D eigenvalue weighted by Gasteiger charge is -1.97. The minimum atomic E-state index is 0.743. The number of pyridine rings is 1. The van der Waals surface area contributed by atoms with Crippen molar-refractivity contribution in [2.75, 3.05) is 0 Å². The minimum Gasteiger partial charge on any atom is -0.303 e. The zero-order valence-corrected chi connectivity index (χ0v) is 11.3. The molecule has 1 aromatic rings. The molecule has 0 bridgehead atoms. The van der Waals surface area contributed by atoms with Gasteiger partial charge in [0.15, 0.2) is 0 Å². The lowest BCUT2D eigenvalue weighted by Crippen LogP contribution is -1.80. The number of hydrogen-bond acceptors (Lipinski definition) is 2. The summed E-state index contributed by atoms with van der Waals surface area (Å²) < 4.78 is 0. The van der Waals surface area contributed by atoms with E-state index in [1.807, 2.05) is 24.3 Å². The molecule has 0 N–H and O–H groups in total. The van der Waals surface area contributed by atoms with E-state index in [2.05, 4.69) is 11.6 Å². The van der Waals surface area contributed by atoms with Gasteiger partial charge < -0.3 is 4.79 Å². The number of allylic oxidation sites excluding steroid dienone is 1. The first-order valence-corrected chi connectivity index (χ1v) is 6.81. The van der Waals surface area contributed by atoms with Crippen molar-refractivity contribution in [1.82, 2.24) is 4.98 Å². The van der Waals surface area contributed by atoms with Crippen molar-refractivity contribution in [1.29, 1.82) is 0 Å². The Morgan fingerprint density at radius 3 is 1.78 bits per heavy atom. The van der Waals surface area contributed by atoms with Crippen LogP contribution < -0.4 is 0 Å². The van der Waals surface area contributed by atoms with Gasteiger partial charge in [-0.3, -0.25) is 4.98 Å². The summed E-state index contributed by atoms with van der Waals surface area (Å²) in [6.45, 7) is 3.68. The molecular weight excluding hydrogens is 222 g/mol. The molecule has 0 aromatic carbocycles. The summed E-state index contributed by atoms with van der Waals surface area (Å²) in [4.78, 5) is 13.8. The van der Waals surface area contributed by atoms with Crippen LogP contribution in [0.3, 0.4) is 0 Å². The van der Waals surface area contributed by atoms with Crippen LogP contribution in [0.15, 0.2) is 43.2 Å². The molecule has 18 heavy (non-hydrogen) atoms. The molecule has 2 heteroatoms. The van der Waals surface area contributed by atoms with E-state index in [4.69, 9.17) is 0 Å². The van der Waals surface area contributed by atoms with E-state index in [0.29, 0.717) is 0 Å². The fourth-order valence-electron chi connectivity index (χ4n) is 1.54. The number of hydrogen-bond donors (Lipinski definition) is 0. The van der Waals surface area contributed by atoms with Crippen LogP contribution in [-0.4, -0.2) is 11.3 Å². The predicted octanol–water partition coefficient (Wildman–Crippen LogP) is 4.57. The quantitative estimate of drug-likeness (QED) is 0.363. The van der Waals surface area contributed by atoms with Crippen molar-refractivity contribution in [2.24, 2.45) is 0 Å². The number of aldehydes is 1. The topological polar surface area (TPSA) is 30.0 Å². The summed E-state index contributed by atoms with van der Waals surface area (Å²) in [5.74, 6) is 0. The molecule has 0 atom stereocenters. The first kappa shape index (κ1) is 16.6.